The molecule has 0 saturated heterocycles. The van der Waals surface area contributed by atoms with E-state index >= 15 is 0 Å². The van der Waals surface area contributed by atoms with E-state index in [2.05, 4.69) is 26.8 Å². The summed E-state index contributed by atoms with van der Waals surface area (Å²) >= 11 is 0. The highest BCUT2D eigenvalue weighted by molar-refractivity contribution is 5.11. The third-order valence-corrected chi connectivity index (χ3v) is 2.18. The summed E-state index contributed by atoms with van der Waals surface area (Å²) in [6.45, 7) is 6.40. The maximum absolute atomic E-state index is 9.45. The lowest BCUT2D eigenvalue weighted by Crippen LogP contribution is -2.25. The molecule has 0 spiro atoms. The molecule has 0 aromatic rings. The van der Waals surface area contributed by atoms with E-state index in [1.165, 1.54) is 5.57 Å². The van der Waals surface area contributed by atoms with Crippen molar-refractivity contribution >= 4 is 0 Å². The zero-order chi connectivity index (χ0) is 10.1. The normalized spacial score (nSPS) is 30.4. The van der Waals surface area contributed by atoms with Gasteiger partial charge < -0.3 is 10.2 Å². The highest BCUT2D eigenvalue weighted by Crippen LogP contribution is 2.28. The summed E-state index contributed by atoms with van der Waals surface area (Å²) in [6, 6.07) is 0. The fourth-order valence-corrected chi connectivity index (χ4v) is 1.90. The van der Waals surface area contributed by atoms with Crippen LogP contribution in [0.2, 0.25) is 0 Å². The second-order valence-corrected chi connectivity index (χ2v) is 5.12. The minimum atomic E-state index is -0.350. The Hall–Kier alpha value is -0.340. The highest BCUT2D eigenvalue weighted by Gasteiger charge is 2.22. The highest BCUT2D eigenvalue weighted by atomic mass is 16.3. The molecule has 1 fully saturated rings. The molecule has 0 unspecified atom stereocenters. The van der Waals surface area contributed by atoms with E-state index in [1.54, 1.807) is 0 Å². The lowest BCUT2D eigenvalue weighted by atomic mass is 9.84. The number of aliphatic hydroxyl groups excluding tert-OH is 2. The molecule has 0 radical (unpaired) electrons. The van der Waals surface area contributed by atoms with E-state index in [4.69, 9.17) is 0 Å². The van der Waals surface area contributed by atoms with E-state index in [1.807, 2.05) is 0 Å². The molecule has 0 bridgehead atoms. The van der Waals surface area contributed by atoms with Crippen LogP contribution in [0.5, 0.6) is 0 Å². The van der Waals surface area contributed by atoms with Crippen LogP contribution < -0.4 is 0 Å². The number of rotatable bonds is 0. The minimum Gasteiger partial charge on any atom is -0.393 e. The van der Waals surface area contributed by atoms with Crippen LogP contribution in [0.3, 0.4) is 0 Å². The van der Waals surface area contributed by atoms with Crippen LogP contribution in [-0.2, 0) is 0 Å². The van der Waals surface area contributed by atoms with Crippen LogP contribution in [0, 0.1) is 5.41 Å². The third-order valence-electron chi connectivity index (χ3n) is 2.18. The quantitative estimate of drug-likeness (QED) is 0.564. The number of allylic oxidation sites excluding steroid dienone is 1. The average molecular weight is 184 g/mol. The molecule has 1 rings (SSSR count). The lowest BCUT2D eigenvalue weighted by molar-refractivity contribution is 0.0604. The van der Waals surface area contributed by atoms with Gasteiger partial charge in [-0.15, -0.1) is 0 Å². The van der Waals surface area contributed by atoms with Gasteiger partial charge in [0.25, 0.3) is 0 Å². The van der Waals surface area contributed by atoms with Crippen molar-refractivity contribution in [3.8, 4) is 0 Å². The smallest absolute Gasteiger partial charge is 0.0602 e. The fourth-order valence-electron chi connectivity index (χ4n) is 1.90. The summed E-state index contributed by atoms with van der Waals surface area (Å²) in [5.74, 6) is 0. The molecule has 0 aromatic heterocycles. The van der Waals surface area contributed by atoms with Crippen LogP contribution >= 0.6 is 0 Å². The molecule has 1 aliphatic rings. The van der Waals surface area contributed by atoms with Gasteiger partial charge in [-0.1, -0.05) is 32.4 Å². The standard InChI is InChI=1S/C11H20O2/c1-11(2,3)7-8-4-9(12)6-10(13)5-8/h7,9-10,12-13H,4-6H2,1-3H3/t9-,10-/m0/s1. The second-order valence-electron chi connectivity index (χ2n) is 5.12. The summed E-state index contributed by atoms with van der Waals surface area (Å²) in [6.07, 6.45) is 3.46. The van der Waals surface area contributed by atoms with E-state index < -0.39 is 0 Å². The third kappa shape index (κ3) is 3.92. The summed E-state index contributed by atoms with van der Waals surface area (Å²) in [7, 11) is 0. The molecule has 2 N–H and O–H groups in total. The van der Waals surface area contributed by atoms with Crippen molar-refractivity contribution in [3.63, 3.8) is 0 Å². The van der Waals surface area contributed by atoms with Gasteiger partial charge in [-0.25, -0.2) is 0 Å². The monoisotopic (exact) mass is 184 g/mol. The number of hydrogen-bond acceptors (Lipinski definition) is 2. The van der Waals surface area contributed by atoms with E-state index in [9.17, 15) is 10.2 Å². The van der Waals surface area contributed by atoms with Crippen LogP contribution in [-0.4, -0.2) is 22.4 Å². The molecule has 0 aromatic carbocycles. The Morgan fingerprint density at radius 2 is 1.62 bits per heavy atom. The van der Waals surface area contributed by atoms with Gasteiger partial charge in [0.1, 0.15) is 0 Å². The molecule has 2 atom stereocenters. The molecule has 2 heteroatoms. The Morgan fingerprint density at radius 1 is 1.15 bits per heavy atom. The molecule has 1 saturated carbocycles. The van der Waals surface area contributed by atoms with E-state index in [0.717, 1.165) is 12.8 Å². The van der Waals surface area contributed by atoms with Crippen molar-refractivity contribution < 1.29 is 10.2 Å². The van der Waals surface area contributed by atoms with Crippen LogP contribution in [0.25, 0.3) is 0 Å². The van der Waals surface area contributed by atoms with Crippen molar-refractivity contribution in [2.24, 2.45) is 5.41 Å². The van der Waals surface area contributed by atoms with E-state index in [0.29, 0.717) is 6.42 Å². The second kappa shape index (κ2) is 3.81. The fraction of sp³-hybridized carbons (Fsp3) is 0.818. The topological polar surface area (TPSA) is 40.5 Å². The van der Waals surface area contributed by atoms with E-state index in [-0.39, 0.29) is 17.6 Å². The Balaban J connectivity index is 2.65. The predicted octanol–water partition coefficient (Wildman–Crippen LogP) is 1.86. The lowest BCUT2D eigenvalue weighted by Gasteiger charge is -2.26. The number of hydrogen-bond donors (Lipinski definition) is 2. The van der Waals surface area contributed by atoms with Gasteiger partial charge in [-0.2, -0.15) is 0 Å². The van der Waals surface area contributed by atoms with Crippen LogP contribution in [0.4, 0.5) is 0 Å². The van der Waals surface area contributed by atoms with Crippen LogP contribution in [0.1, 0.15) is 40.0 Å². The van der Waals surface area contributed by atoms with Crippen molar-refractivity contribution in [2.75, 3.05) is 0 Å². The minimum absolute atomic E-state index is 0.145. The summed E-state index contributed by atoms with van der Waals surface area (Å²) in [5, 5.41) is 18.9. The first-order valence-electron chi connectivity index (χ1n) is 4.93. The first-order valence-corrected chi connectivity index (χ1v) is 4.93. The van der Waals surface area contributed by atoms with Crippen molar-refractivity contribution in [1.29, 1.82) is 0 Å². The van der Waals surface area contributed by atoms with Gasteiger partial charge in [0, 0.05) is 0 Å². The average Bonchev–Trinajstić information content (AvgIpc) is 1.78. The molecule has 2 nitrogen and oxygen atoms in total. The van der Waals surface area contributed by atoms with Gasteiger partial charge in [-0.3, -0.25) is 0 Å². The molecule has 0 amide bonds. The Labute approximate surface area is 80.3 Å². The maximum Gasteiger partial charge on any atom is 0.0602 e. The Bertz CT molecular complexity index is 189. The maximum atomic E-state index is 9.45. The van der Waals surface area contributed by atoms with Gasteiger partial charge >= 0.3 is 0 Å². The summed E-state index contributed by atoms with van der Waals surface area (Å²) in [5.41, 5.74) is 1.34. The van der Waals surface area contributed by atoms with Crippen molar-refractivity contribution in [1.82, 2.24) is 0 Å². The van der Waals surface area contributed by atoms with Gasteiger partial charge in [0.05, 0.1) is 12.2 Å². The van der Waals surface area contributed by atoms with Crippen LogP contribution in [0.15, 0.2) is 11.6 Å². The van der Waals surface area contributed by atoms with Crippen molar-refractivity contribution in [3.05, 3.63) is 11.6 Å². The SMILES string of the molecule is CC(C)(C)C=C1C[C@H](O)C[C@@H](O)C1. The van der Waals surface area contributed by atoms with Gasteiger partial charge in [-0.05, 0) is 24.7 Å². The summed E-state index contributed by atoms with van der Waals surface area (Å²) < 4.78 is 0. The predicted molar refractivity (Wildman–Crippen MR) is 53.4 cm³/mol. The zero-order valence-electron chi connectivity index (χ0n) is 8.75. The van der Waals surface area contributed by atoms with Crippen molar-refractivity contribution in [2.45, 2.75) is 52.2 Å². The molecular formula is C11H20O2. The largest absolute Gasteiger partial charge is 0.393 e. The Morgan fingerprint density at radius 3 is 2.00 bits per heavy atom. The first-order chi connectivity index (χ1) is 5.87. The molecule has 0 aliphatic heterocycles. The summed E-state index contributed by atoms with van der Waals surface area (Å²) in [4.78, 5) is 0. The molecule has 0 heterocycles. The zero-order valence-corrected chi connectivity index (χ0v) is 8.75. The van der Waals surface area contributed by atoms with Gasteiger partial charge in [0.15, 0.2) is 0 Å². The molecule has 1 aliphatic carbocycles. The molecular weight excluding hydrogens is 164 g/mol. The molecule has 13 heavy (non-hydrogen) atoms. The number of aliphatic hydroxyl groups is 2. The Kier molecular flexibility index (Phi) is 3.14. The molecule has 76 valence electrons. The first kappa shape index (κ1) is 10.7. The van der Waals surface area contributed by atoms with Gasteiger partial charge in [0.2, 0.25) is 0 Å².